The van der Waals surface area contributed by atoms with Crippen LogP contribution in [-0.2, 0) is 19.6 Å². The predicted octanol–water partition coefficient (Wildman–Crippen LogP) is 0.739. The number of sulfonamides is 1. The summed E-state index contributed by atoms with van der Waals surface area (Å²) in [4.78, 5) is 41.1. The lowest BCUT2D eigenvalue weighted by Crippen LogP contribution is -2.53. The summed E-state index contributed by atoms with van der Waals surface area (Å²) in [7, 11) is -3.88. The van der Waals surface area contributed by atoms with E-state index in [1.54, 1.807) is 0 Å². The molecule has 0 aliphatic carbocycles. The van der Waals surface area contributed by atoms with E-state index in [1.807, 2.05) is 0 Å². The summed E-state index contributed by atoms with van der Waals surface area (Å²) >= 11 is 5.69. The van der Waals surface area contributed by atoms with Gasteiger partial charge in [-0.05, 0) is 31.0 Å². The number of piperazine rings is 1. The van der Waals surface area contributed by atoms with Crippen molar-refractivity contribution >= 4 is 39.5 Å². The van der Waals surface area contributed by atoms with Gasteiger partial charge in [0, 0.05) is 32.7 Å². The number of urea groups is 1. The van der Waals surface area contributed by atoms with Crippen LogP contribution in [-0.4, -0.2) is 90.6 Å². The van der Waals surface area contributed by atoms with Crippen LogP contribution in [0.4, 0.5) is 9.18 Å². The maximum atomic E-state index is 13.3. The summed E-state index contributed by atoms with van der Waals surface area (Å²) < 4.78 is 40.0. The third-order valence-electron chi connectivity index (χ3n) is 5.69. The van der Waals surface area contributed by atoms with Gasteiger partial charge in [-0.3, -0.25) is 14.5 Å². The van der Waals surface area contributed by atoms with Gasteiger partial charge in [0.1, 0.15) is 18.4 Å². The Labute approximate surface area is 178 Å². The van der Waals surface area contributed by atoms with Crippen molar-refractivity contribution in [2.24, 2.45) is 0 Å². The fraction of sp³-hybridized carbons (Fsp3) is 0.500. The molecule has 4 rings (SSSR count). The first-order chi connectivity index (χ1) is 14.2. The van der Waals surface area contributed by atoms with E-state index in [9.17, 15) is 27.2 Å². The van der Waals surface area contributed by atoms with Crippen molar-refractivity contribution in [3.05, 3.63) is 29.0 Å². The standard InChI is InChI=1S/C18H20ClFN4O5S/c19-13-10-12(3-4-14(13)20)30(28,29)22-8-6-21(7-9-22)16(25)11-24-17(26)15-2-1-5-23(15)18(24)27/h3-4,10,15H,1-2,5-9,11H2/t15-/m0/s1. The van der Waals surface area contributed by atoms with Crippen LogP contribution in [0, 0.1) is 5.82 Å². The molecule has 4 amide bonds. The van der Waals surface area contributed by atoms with E-state index in [-0.39, 0.29) is 48.5 Å². The topological polar surface area (TPSA) is 98.3 Å². The Hall–Kier alpha value is -2.24. The number of rotatable bonds is 4. The van der Waals surface area contributed by atoms with Crippen molar-refractivity contribution < 1.29 is 27.2 Å². The molecule has 3 saturated heterocycles. The zero-order valence-corrected chi connectivity index (χ0v) is 17.5. The molecule has 0 spiro atoms. The van der Waals surface area contributed by atoms with E-state index in [0.29, 0.717) is 13.0 Å². The van der Waals surface area contributed by atoms with Gasteiger partial charge in [-0.25, -0.2) is 17.6 Å². The molecule has 1 aromatic rings. The average Bonchev–Trinajstić information content (AvgIpc) is 3.29. The number of imide groups is 1. The molecule has 3 heterocycles. The van der Waals surface area contributed by atoms with Crippen molar-refractivity contribution in [1.29, 1.82) is 0 Å². The van der Waals surface area contributed by atoms with Gasteiger partial charge in [-0.2, -0.15) is 4.31 Å². The molecule has 0 aromatic heterocycles. The number of carbonyl (C=O) groups excluding carboxylic acids is 3. The molecule has 3 aliphatic heterocycles. The van der Waals surface area contributed by atoms with Gasteiger partial charge >= 0.3 is 6.03 Å². The second kappa shape index (κ2) is 7.78. The van der Waals surface area contributed by atoms with Crippen molar-refractivity contribution in [2.45, 2.75) is 23.8 Å². The Bertz CT molecular complexity index is 990. The summed E-state index contributed by atoms with van der Waals surface area (Å²) in [6.07, 6.45) is 1.39. The number of nitrogens with zero attached hydrogens (tertiary/aromatic N) is 4. The molecular formula is C18H20ClFN4O5S. The highest BCUT2D eigenvalue weighted by Crippen LogP contribution is 2.27. The lowest BCUT2D eigenvalue weighted by Gasteiger charge is -2.34. The minimum absolute atomic E-state index is 0.0414. The molecule has 0 radical (unpaired) electrons. The number of benzene rings is 1. The van der Waals surface area contributed by atoms with E-state index in [0.717, 1.165) is 29.5 Å². The van der Waals surface area contributed by atoms with Crippen LogP contribution in [0.3, 0.4) is 0 Å². The van der Waals surface area contributed by atoms with Gasteiger partial charge in [0.25, 0.3) is 5.91 Å². The molecule has 9 nitrogen and oxygen atoms in total. The first kappa shape index (κ1) is 21.0. The number of hydrogen-bond donors (Lipinski definition) is 0. The first-order valence-corrected chi connectivity index (χ1v) is 11.4. The lowest BCUT2D eigenvalue weighted by molar-refractivity contribution is -0.138. The summed E-state index contributed by atoms with van der Waals surface area (Å²) in [5.41, 5.74) is 0. The molecule has 3 fully saturated rings. The van der Waals surface area contributed by atoms with E-state index in [2.05, 4.69) is 0 Å². The molecule has 30 heavy (non-hydrogen) atoms. The smallest absolute Gasteiger partial charge is 0.327 e. The highest BCUT2D eigenvalue weighted by atomic mass is 35.5. The van der Waals surface area contributed by atoms with Crippen LogP contribution in [0.1, 0.15) is 12.8 Å². The van der Waals surface area contributed by atoms with E-state index < -0.39 is 33.8 Å². The minimum Gasteiger partial charge on any atom is -0.338 e. The Morgan fingerprint density at radius 2 is 1.83 bits per heavy atom. The molecular weight excluding hydrogens is 439 g/mol. The number of fused-ring (bicyclic) bond motifs is 1. The van der Waals surface area contributed by atoms with Crippen LogP contribution in [0.2, 0.25) is 5.02 Å². The van der Waals surface area contributed by atoms with Crippen LogP contribution in [0.25, 0.3) is 0 Å². The maximum Gasteiger partial charge on any atom is 0.327 e. The van der Waals surface area contributed by atoms with Crippen molar-refractivity contribution in [1.82, 2.24) is 19.0 Å². The molecule has 0 saturated carbocycles. The molecule has 1 aromatic carbocycles. The molecule has 1 atom stereocenters. The number of hydrogen-bond acceptors (Lipinski definition) is 5. The highest BCUT2D eigenvalue weighted by Gasteiger charge is 2.48. The van der Waals surface area contributed by atoms with E-state index in [1.165, 1.54) is 14.1 Å². The second-order valence-electron chi connectivity index (χ2n) is 7.42. The molecule has 3 aliphatic rings. The summed E-state index contributed by atoms with van der Waals surface area (Å²) in [6, 6.07) is 2.29. The van der Waals surface area contributed by atoms with Crippen LogP contribution in [0.5, 0.6) is 0 Å². The Morgan fingerprint density at radius 3 is 2.47 bits per heavy atom. The van der Waals surface area contributed by atoms with Gasteiger partial charge in [-0.1, -0.05) is 11.6 Å². The summed E-state index contributed by atoms with van der Waals surface area (Å²) in [5.74, 6) is -1.46. The van der Waals surface area contributed by atoms with Crippen LogP contribution >= 0.6 is 11.6 Å². The third-order valence-corrected chi connectivity index (χ3v) is 7.88. The zero-order valence-electron chi connectivity index (χ0n) is 16.0. The largest absolute Gasteiger partial charge is 0.338 e. The zero-order chi connectivity index (χ0) is 21.6. The quantitative estimate of drug-likeness (QED) is 0.620. The Kier molecular flexibility index (Phi) is 5.45. The number of amides is 4. The maximum absolute atomic E-state index is 13.3. The Balaban J connectivity index is 1.37. The van der Waals surface area contributed by atoms with E-state index in [4.69, 9.17) is 11.6 Å². The first-order valence-electron chi connectivity index (χ1n) is 9.55. The molecule has 0 N–H and O–H groups in total. The predicted molar refractivity (Wildman–Crippen MR) is 104 cm³/mol. The lowest BCUT2D eigenvalue weighted by atomic mass is 10.2. The summed E-state index contributed by atoms with van der Waals surface area (Å²) in [5, 5.41) is -0.287. The van der Waals surface area contributed by atoms with Crippen LogP contribution in [0.15, 0.2) is 23.1 Å². The van der Waals surface area contributed by atoms with Gasteiger partial charge in [-0.15, -0.1) is 0 Å². The van der Waals surface area contributed by atoms with Crippen molar-refractivity contribution in [3.63, 3.8) is 0 Å². The van der Waals surface area contributed by atoms with Gasteiger partial charge in [0.15, 0.2) is 0 Å². The van der Waals surface area contributed by atoms with Crippen LogP contribution < -0.4 is 0 Å². The highest BCUT2D eigenvalue weighted by molar-refractivity contribution is 7.89. The van der Waals surface area contributed by atoms with Gasteiger partial charge in [0.05, 0.1) is 9.92 Å². The Morgan fingerprint density at radius 1 is 1.13 bits per heavy atom. The summed E-state index contributed by atoms with van der Waals surface area (Å²) in [6.45, 7) is 0.501. The number of halogens is 2. The number of carbonyl (C=O) groups is 3. The van der Waals surface area contributed by atoms with Gasteiger partial charge in [0.2, 0.25) is 15.9 Å². The van der Waals surface area contributed by atoms with Gasteiger partial charge < -0.3 is 9.80 Å². The molecule has 0 bridgehead atoms. The van der Waals surface area contributed by atoms with Crippen molar-refractivity contribution in [2.75, 3.05) is 39.3 Å². The fourth-order valence-corrected chi connectivity index (χ4v) is 5.72. The fourth-order valence-electron chi connectivity index (χ4n) is 4.03. The monoisotopic (exact) mass is 458 g/mol. The second-order valence-corrected chi connectivity index (χ2v) is 9.76. The normalized spacial score (nSPS) is 22.7. The third kappa shape index (κ3) is 3.54. The van der Waals surface area contributed by atoms with Crippen molar-refractivity contribution in [3.8, 4) is 0 Å². The minimum atomic E-state index is -3.88. The SMILES string of the molecule is O=C(CN1C(=O)[C@@H]2CCCN2C1=O)N1CCN(S(=O)(=O)c2ccc(F)c(Cl)c2)CC1. The average molecular weight is 459 g/mol. The molecule has 12 heteroatoms. The van der Waals surface area contributed by atoms with E-state index >= 15 is 0 Å². The molecule has 0 unspecified atom stereocenters. The molecule has 162 valence electrons.